The zero-order valence-electron chi connectivity index (χ0n) is 11.0. The van der Waals surface area contributed by atoms with Crippen LogP contribution in [0.1, 0.15) is 18.9 Å². The molecule has 1 aromatic carbocycles. The van der Waals surface area contributed by atoms with E-state index in [4.69, 9.17) is 4.74 Å². The van der Waals surface area contributed by atoms with E-state index in [2.05, 4.69) is 5.32 Å². The molecule has 0 bridgehead atoms. The van der Waals surface area contributed by atoms with Crippen LogP contribution in [0.4, 0.5) is 5.69 Å². The Morgan fingerprint density at radius 1 is 1.37 bits per heavy atom. The molecule has 102 valence electrons. The fourth-order valence-corrected chi connectivity index (χ4v) is 2.04. The Morgan fingerprint density at radius 3 is 2.95 bits per heavy atom. The highest BCUT2D eigenvalue weighted by Gasteiger charge is 2.22. The molecule has 1 aliphatic heterocycles. The molecule has 5 heteroatoms. The van der Waals surface area contributed by atoms with E-state index in [0.29, 0.717) is 26.2 Å². The predicted molar refractivity (Wildman–Crippen MR) is 71.6 cm³/mol. The van der Waals surface area contributed by atoms with Crippen molar-refractivity contribution >= 4 is 17.5 Å². The third-order valence-corrected chi connectivity index (χ3v) is 3.00. The molecule has 2 rings (SSSR count). The molecule has 0 unspecified atom stereocenters. The summed E-state index contributed by atoms with van der Waals surface area (Å²) in [5.41, 5.74) is 1.74. The van der Waals surface area contributed by atoms with Gasteiger partial charge in [-0.25, -0.2) is 0 Å². The number of anilines is 1. The topological polar surface area (TPSA) is 58.6 Å². The van der Waals surface area contributed by atoms with E-state index < -0.39 is 0 Å². The van der Waals surface area contributed by atoms with Crippen LogP contribution in [0.25, 0.3) is 0 Å². The van der Waals surface area contributed by atoms with E-state index in [9.17, 15) is 9.59 Å². The second-order valence-electron chi connectivity index (χ2n) is 4.40. The maximum atomic E-state index is 12.0. The van der Waals surface area contributed by atoms with Crippen LogP contribution in [0.15, 0.2) is 24.3 Å². The lowest BCUT2D eigenvalue weighted by atomic mass is 10.1. The van der Waals surface area contributed by atoms with Gasteiger partial charge in [0.15, 0.2) is 0 Å². The molecule has 0 aliphatic carbocycles. The molecule has 1 aliphatic rings. The van der Waals surface area contributed by atoms with E-state index in [0.717, 1.165) is 11.3 Å². The van der Waals surface area contributed by atoms with E-state index in [1.165, 1.54) is 0 Å². The Labute approximate surface area is 112 Å². The number of carbonyl (C=O) groups excluding carboxylic acids is 2. The summed E-state index contributed by atoms with van der Waals surface area (Å²) < 4.78 is 5.17. The highest BCUT2D eigenvalue weighted by Crippen LogP contribution is 2.20. The first-order valence-electron chi connectivity index (χ1n) is 6.44. The van der Waals surface area contributed by atoms with Gasteiger partial charge in [0.2, 0.25) is 11.8 Å². The molecule has 1 N–H and O–H groups in total. The first-order valence-corrected chi connectivity index (χ1v) is 6.44. The standard InChI is InChI=1S/C14H18N2O3/c1-2-19-8-7-14(18)16-9-11-5-3-4-6-12(11)15-13(17)10-16/h3-6H,2,7-10H2,1H3,(H,15,17). The van der Waals surface area contributed by atoms with Crippen LogP contribution in [-0.2, 0) is 20.9 Å². The smallest absolute Gasteiger partial charge is 0.244 e. The average Bonchev–Trinajstić information content (AvgIpc) is 2.56. The quantitative estimate of drug-likeness (QED) is 0.834. The second kappa shape index (κ2) is 6.33. The minimum absolute atomic E-state index is 0.0553. The molecule has 19 heavy (non-hydrogen) atoms. The fourth-order valence-electron chi connectivity index (χ4n) is 2.04. The van der Waals surface area contributed by atoms with Gasteiger partial charge < -0.3 is 15.0 Å². The predicted octanol–water partition coefficient (Wildman–Crippen LogP) is 1.39. The van der Waals surface area contributed by atoms with Crippen molar-refractivity contribution in [2.45, 2.75) is 19.9 Å². The number of para-hydroxylation sites is 1. The highest BCUT2D eigenvalue weighted by atomic mass is 16.5. The van der Waals surface area contributed by atoms with Crippen molar-refractivity contribution in [1.82, 2.24) is 4.90 Å². The minimum Gasteiger partial charge on any atom is -0.381 e. The van der Waals surface area contributed by atoms with Crippen molar-refractivity contribution in [3.05, 3.63) is 29.8 Å². The summed E-state index contributed by atoms with van der Waals surface area (Å²) in [4.78, 5) is 25.4. The van der Waals surface area contributed by atoms with Crippen molar-refractivity contribution in [3.63, 3.8) is 0 Å². The number of amides is 2. The molecule has 0 aromatic heterocycles. The molecule has 0 saturated carbocycles. The Bertz CT molecular complexity index is 474. The summed E-state index contributed by atoms with van der Waals surface area (Å²) in [5.74, 6) is -0.213. The number of fused-ring (bicyclic) bond motifs is 1. The summed E-state index contributed by atoms with van der Waals surface area (Å²) in [5, 5.41) is 2.81. The van der Waals surface area contributed by atoms with E-state index in [1.54, 1.807) is 4.90 Å². The number of hydrogen-bond donors (Lipinski definition) is 1. The van der Waals surface area contributed by atoms with E-state index in [1.807, 2.05) is 31.2 Å². The van der Waals surface area contributed by atoms with Crippen molar-refractivity contribution in [1.29, 1.82) is 0 Å². The molecule has 5 nitrogen and oxygen atoms in total. The van der Waals surface area contributed by atoms with Gasteiger partial charge in [0.1, 0.15) is 6.54 Å². The van der Waals surface area contributed by atoms with Crippen LogP contribution in [-0.4, -0.2) is 36.5 Å². The number of rotatable bonds is 4. The zero-order valence-corrected chi connectivity index (χ0v) is 11.0. The Kier molecular flexibility index (Phi) is 4.52. The van der Waals surface area contributed by atoms with Gasteiger partial charge in [0, 0.05) is 18.8 Å². The maximum absolute atomic E-state index is 12.0. The van der Waals surface area contributed by atoms with Crippen LogP contribution in [0.2, 0.25) is 0 Å². The third-order valence-electron chi connectivity index (χ3n) is 3.00. The Hall–Kier alpha value is -1.88. The molecule has 1 heterocycles. The van der Waals surface area contributed by atoms with Gasteiger partial charge in [-0.2, -0.15) is 0 Å². The molecule has 1 aromatic rings. The van der Waals surface area contributed by atoms with Crippen LogP contribution >= 0.6 is 0 Å². The lowest BCUT2D eigenvalue weighted by Gasteiger charge is -2.19. The lowest BCUT2D eigenvalue weighted by molar-refractivity contribution is -0.136. The molecule has 0 saturated heterocycles. The Morgan fingerprint density at radius 2 is 2.16 bits per heavy atom. The Balaban J connectivity index is 2.06. The third kappa shape index (κ3) is 3.54. The van der Waals surface area contributed by atoms with E-state index in [-0.39, 0.29) is 18.4 Å². The molecule has 0 spiro atoms. The summed E-state index contributed by atoms with van der Waals surface area (Å²) in [7, 11) is 0. The fraction of sp³-hybridized carbons (Fsp3) is 0.429. The summed E-state index contributed by atoms with van der Waals surface area (Å²) in [6.45, 7) is 3.44. The SMILES string of the molecule is CCOCCC(=O)N1CC(=O)Nc2ccccc2C1. The lowest BCUT2D eigenvalue weighted by Crippen LogP contribution is -2.35. The number of carbonyl (C=O) groups is 2. The molecule has 0 fully saturated rings. The zero-order chi connectivity index (χ0) is 13.7. The maximum Gasteiger partial charge on any atom is 0.244 e. The van der Waals surface area contributed by atoms with Crippen LogP contribution in [0, 0.1) is 0 Å². The van der Waals surface area contributed by atoms with Crippen molar-refractivity contribution in [2.24, 2.45) is 0 Å². The van der Waals surface area contributed by atoms with Gasteiger partial charge in [0.05, 0.1) is 13.0 Å². The number of hydrogen-bond acceptors (Lipinski definition) is 3. The minimum atomic E-state index is -0.158. The van der Waals surface area contributed by atoms with Crippen molar-refractivity contribution in [2.75, 3.05) is 25.1 Å². The summed E-state index contributed by atoms with van der Waals surface area (Å²) in [6, 6.07) is 7.54. The highest BCUT2D eigenvalue weighted by molar-refractivity contribution is 5.96. The van der Waals surface area contributed by atoms with E-state index >= 15 is 0 Å². The molecular weight excluding hydrogens is 244 g/mol. The molecular formula is C14H18N2O3. The largest absolute Gasteiger partial charge is 0.381 e. The monoisotopic (exact) mass is 262 g/mol. The van der Waals surface area contributed by atoms with Crippen LogP contribution in [0.3, 0.4) is 0 Å². The van der Waals surface area contributed by atoms with Gasteiger partial charge in [-0.1, -0.05) is 18.2 Å². The van der Waals surface area contributed by atoms with Gasteiger partial charge in [0.25, 0.3) is 0 Å². The normalized spacial score (nSPS) is 14.6. The second-order valence-corrected chi connectivity index (χ2v) is 4.40. The van der Waals surface area contributed by atoms with Crippen LogP contribution < -0.4 is 5.32 Å². The molecule has 2 amide bonds. The number of nitrogens with one attached hydrogen (secondary N) is 1. The van der Waals surface area contributed by atoms with Crippen molar-refractivity contribution < 1.29 is 14.3 Å². The number of ether oxygens (including phenoxy) is 1. The van der Waals surface area contributed by atoms with Gasteiger partial charge in [-0.3, -0.25) is 9.59 Å². The molecule has 0 atom stereocenters. The van der Waals surface area contributed by atoms with Crippen molar-refractivity contribution in [3.8, 4) is 0 Å². The number of benzene rings is 1. The summed E-state index contributed by atoms with van der Waals surface area (Å²) in [6.07, 6.45) is 0.309. The number of nitrogens with zero attached hydrogens (tertiary/aromatic N) is 1. The first kappa shape index (κ1) is 13.5. The van der Waals surface area contributed by atoms with Crippen LogP contribution in [0.5, 0.6) is 0 Å². The van der Waals surface area contributed by atoms with Gasteiger partial charge in [-0.15, -0.1) is 0 Å². The van der Waals surface area contributed by atoms with Gasteiger partial charge in [-0.05, 0) is 18.6 Å². The molecule has 0 radical (unpaired) electrons. The summed E-state index contributed by atoms with van der Waals surface area (Å²) >= 11 is 0. The first-order chi connectivity index (χ1) is 9.20. The van der Waals surface area contributed by atoms with Gasteiger partial charge >= 0.3 is 0 Å². The average molecular weight is 262 g/mol.